The van der Waals surface area contributed by atoms with E-state index < -0.39 is 6.10 Å². The van der Waals surface area contributed by atoms with Crippen LogP contribution in [0.3, 0.4) is 0 Å². The number of aliphatic hydroxyl groups is 2. The predicted octanol–water partition coefficient (Wildman–Crippen LogP) is 1.47. The van der Waals surface area contributed by atoms with Crippen LogP contribution >= 0.6 is 0 Å². The summed E-state index contributed by atoms with van der Waals surface area (Å²) >= 11 is 0. The van der Waals surface area contributed by atoms with Crippen molar-refractivity contribution in [1.29, 1.82) is 0 Å². The summed E-state index contributed by atoms with van der Waals surface area (Å²) in [7, 11) is 0. The fourth-order valence-corrected chi connectivity index (χ4v) is 0.933. The first-order chi connectivity index (χ1) is 5.20. The van der Waals surface area contributed by atoms with Crippen LogP contribution in [0, 0.1) is 0 Å². The van der Waals surface area contributed by atoms with Gasteiger partial charge in [-0.05, 0) is 6.42 Å². The molecule has 0 aromatic rings. The van der Waals surface area contributed by atoms with Crippen LogP contribution in [0.4, 0.5) is 0 Å². The van der Waals surface area contributed by atoms with Gasteiger partial charge in [0, 0.05) is 6.42 Å². The molecule has 0 bridgehead atoms. The van der Waals surface area contributed by atoms with E-state index >= 15 is 0 Å². The Morgan fingerprint density at radius 3 is 2.55 bits per heavy atom. The highest BCUT2D eigenvalue weighted by Crippen LogP contribution is 2.06. The lowest BCUT2D eigenvalue weighted by atomic mass is 10.1. The van der Waals surface area contributed by atoms with Gasteiger partial charge in [-0.3, -0.25) is 0 Å². The maximum absolute atomic E-state index is 9.27. The van der Waals surface area contributed by atoms with E-state index in [1.165, 1.54) is 6.08 Å². The van der Waals surface area contributed by atoms with Crippen LogP contribution in [-0.2, 0) is 0 Å². The Hall–Kier alpha value is -0.340. The highest BCUT2D eigenvalue weighted by atomic mass is 16.3. The van der Waals surface area contributed by atoms with Crippen molar-refractivity contribution in [1.82, 2.24) is 0 Å². The molecule has 0 aliphatic rings. The molecule has 11 heavy (non-hydrogen) atoms. The van der Waals surface area contributed by atoms with Crippen molar-refractivity contribution in [2.75, 3.05) is 0 Å². The van der Waals surface area contributed by atoms with E-state index in [0.29, 0.717) is 6.42 Å². The minimum absolute atomic E-state index is 0.372. The first-order valence-electron chi connectivity index (χ1n) is 4.19. The third-order valence-electron chi connectivity index (χ3n) is 1.68. The molecule has 0 aliphatic heterocycles. The Balaban J connectivity index is 3.34. The summed E-state index contributed by atoms with van der Waals surface area (Å²) in [5.74, 6) is 0. The molecule has 0 unspecified atom stereocenters. The lowest BCUT2D eigenvalue weighted by Crippen LogP contribution is -2.15. The van der Waals surface area contributed by atoms with E-state index in [9.17, 15) is 5.11 Å². The average Bonchev–Trinajstić information content (AvgIpc) is 2.00. The number of aliphatic hydroxyl groups excluding tert-OH is 2. The van der Waals surface area contributed by atoms with Crippen molar-refractivity contribution >= 4 is 0 Å². The van der Waals surface area contributed by atoms with Gasteiger partial charge in [0.2, 0.25) is 0 Å². The molecule has 0 aliphatic carbocycles. The second-order valence-electron chi connectivity index (χ2n) is 2.83. The molecule has 0 spiro atoms. The molecule has 66 valence electrons. The third-order valence-corrected chi connectivity index (χ3v) is 1.68. The standard InChI is InChI=1S/C9H18O2/c1-3-5-6-9(11)7-8(10)4-2/h4,8-11H,2-3,5-7H2,1H3/t8-,9+/m0/s1. The summed E-state index contributed by atoms with van der Waals surface area (Å²) in [6.45, 7) is 5.51. The van der Waals surface area contributed by atoms with Crippen LogP contribution in [0.15, 0.2) is 12.7 Å². The molecule has 0 saturated heterocycles. The number of hydrogen-bond acceptors (Lipinski definition) is 2. The Morgan fingerprint density at radius 1 is 1.45 bits per heavy atom. The van der Waals surface area contributed by atoms with Crippen LogP contribution in [0.25, 0.3) is 0 Å². The fourth-order valence-electron chi connectivity index (χ4n) is 0.933. The van der Waals surface area contributed by atoms with Gasteiger partial charge in [-0.1, -0.05) is 25.8 Å². The maximum atomic E-state index is 9.27. The number of rotatable bonds is 6. The molecule has 2 heteroatoms. The van der Waals surface area contributed by atoms with E-state index in [0.717, 1.165) is 19.3 Å². The van der Waals surface area contributed by atoms with Gasteiger partial charge in [0.25, 0.3) is 0 Å². The molecule has 2 nitrogen and oxygen atoms in total. The predicted molar refractivity (Wildman–Crippen MR) is 46.4 cm³/mol. The van der Waals surface area contributed by atoms with Crippen molar-refractivity contribution < 1.29 is 10.2 Å². The van der Waals surface area contributed by atoms with Crippen LogP contribution in [0.5, 0.6) is 0 Å². The molecule has 0 fully saturated rings. The molecule has 0 heterocycles. The Bertz CT molecular complexity index is 102. The maximum Gasteiger partial charge on any atom is 0.0742 e. The van der Waals surface area contributed by atoms with Gasteiger partial charge < -0.3 is 10.2 Å². The number of unbranched alkanes of at least 4 members (excludes halogenated alkanes) is 1. The van der Waals surface area contributed by atoms with Crippen molar-refractivity contribution in [2.24, 2.45) is 0 Å². The van der Waals surface area contributed by atoms with Crippen molar-refractivity contribution in [2.45, 2.75) is 44.8 Å². The molecule has 2 atom stereocenters. The van der Waals surface area contributed by atoms with Gasteiger partial charge in [0.05, 0.1) is 12.2 Å². The van der Waals surface area contributed by atoms with Gasteiger partial charge in [0.1, 0.15) is 0 Å². The largest absolute Gasteiger partial charge is 0.393 e. The topological polar surface area (TPSA) is 40.5 Å². The van der Waals surface area contributed by atoms with Gasteiger partial charge in [-0.2, -0.15) is 0 Å². The molecule has 0 saturated carbocycles. The summed E-state index contributed by atoms with van der Waals surface area (Å²) in [5.41, 5.74) is 0. The van der Waals surface area contributed by atoms with Crippen LogP contribution in [-0.4, -0.2) is 22.4 Å². The molecule has 0 aromatic carbocycles. The molecule has 0 radical (unpaired) electrons. The van der Waals surface area contributed by atoms with Crippen molar-refractivity contribution in [3.8, 4) is 0 Å². The minimum Gasteiger partial charge on any atom is -0.393 e. The minimum atomic E-state index is -0.554. The van der Waals surface area contributed by atoms with E-state index in [4.69, 9.17) is 5.11 Å². The molecule has 0 rings (SSSR count). The zero-order valence-electron chi connectivity index (χ0n) is 7.16. The van der Waals surface area contributed by atoms with Crippen molar-refractivity contribution in [3.63, 3.8) is 0 Å². The van der Waals surface area contributed by atoms with E-state index in [-0.39, 0.29) is 6.10 Å². The second-order valence-corrected chi connectivity index (χ2v) is 2.83. The molecular formula is C9H18O2. The first-order valence-corrected chi connectivity index (χ1v) is 4.19. The van der Waals surface area contributed by atoms with Crippen LogP contribution < -0.4 is 0 Å². The van der Waals surface area contributed by atoms with Crippen LogP contribution in [0.1, 0.15) is 32.6 Å². The lowest BCUT2D eigenvalue weighted by Gasteiger charge is -2.11. The third kappa shape index (κ3) is 6.07. The summed E-state index contributed by atoms with van der Waals surface area (Å²) in [5, 5.41) is 18.3. The normalized spacial score (nSPS) is 15.9. The van der Waals surface area contributed by atoms with E-state index in [1.807, 2.05) is 0 Å². The Labute approximate surface area is 68.6 Å². The molecule has 0 aromatic heterocycles. The quantitative estimate of drug-likeness (QED) is 0.575. The van der Waals surface area contributed by atoms with Crippen LogP contribution in [0.2, 0.25) is 0 Å². The fraction of sp³-hybridized carbons (Fsp3) is 0.778. The van der Waals surface area contributed by atoms with Crippen molar-refractivity contribution in [3.05, 3.63) is 12.7 Å². The smallest absolute Gasteiger partial charge is 0.0742 e. The zero-order valence-corrected chi connectivity index (χ0v) is 7.16. The second kappa shape index (κ2) is 6.38. The Morgan fingerprint density at radius 2 is 2.09 bits per heavy atom. The van der Waals surface area contributed by atoms with Gasteiger partial charge in [0.15, 0.2) is 0 Å². The summed E-state index contributed by atoms with van der Waals surface area (Å²) < 4.78 is 0. The first kappa shape index (κ1) is 10.7. The average molecular weight is 158 g/mol. The monoisotopic (exact) mass is 158 g/mol. The molecule has 2 N–H and O–H groups in total. The van der Waals surface area contributed by atoms with Gasteiger partial charge in [-0.15, -0.1) is 6.58 Å². The lowest BCUT2D eigenvalue weighted by molar-refractivity contribution is 0.0962. The van der Waals surface area contributed by atoms with Gasteiger partial charge in [-0.25, -0.2) is 0 Å². The van der Waals surface area contributed by atoms with E-state index in [2.05, 4.69) is 13.5 Å². The molecule has 0 amide bonds. The molecular weight excluding hydrogens is 140 g/mol. The zero-order chi connectivity index (χ0) is 8.69. The van der Waals surface area contributed by atoms with Gasteiger partial charge >= 0.3 is 0 Å². The summed E-state index contributed by atoms with van der Waals surface area (Å²) in [6.07, 6.45) is 3.83. The highest BCUT2D eigenvalue weighted by molar-refractivity contribution is 4.79. The highest BCUT2D eigenvalue weighted by Gasteiger charge is 2.07. The van der Waals surface area contributed by atoms with E-state index in [1.54, 1.807) is 0 Å². The summed E-state index contributed by atoms with van der Waals surface area (Å²) in [6, 6.07) is 0. The number of hydrogen-bond donors (Lipinski definition) is 2. The SMILES string of the molecule is C=C[C@H](O)C[C@H](O)CCCC. The summed E-state index contributed by atoms with van der Waals surface area (Å²) in [4.78, 5) is 0. The Kier molecular flexibility index (Phi) is 6.18.